The van der Waals surface area contributed by atoms with Crippen LogP contribution in [-0.2, 0) is 16.0 Å². The minimum atomic E-state index is -4.57. The van der Waals surface area contributed by atoms with Gasteiger partial charge in [0.05, 0.1) is 17.0 Å². The molecule has 26 heavy (non-hydrogen) atoms. The molecule has 0 aliphatic heterocycles. The Balaban J connectivity index is 2.34. The van der Waals surface area contributed by atoms with Gasteiger partial charge in [0.15, 0.2) is 0 Å². The summed E-state index contributed by atoms with van der Waals surface area (Å²) < 4.78 is 62.3. The summed E-state index contributed by atoms with van der Waals surface area (Å²) in [6, 6.07) is 3.29. The van der Waals surface area contributed by atoms with E-state index < -0.39 is 33.3 Å². The van der Waals surface area contributed by atoms with Gasteiger partial charge in [-0.3, -0.25) is 4.57 Å². The predicted molar refractivity (Wildman–Crippen MR) is 88.3 cm³/mol. The van der Waals surface area contributed by atoms with Crippen LogP contribution in [0.3, 0.4) is 0 Å². The second-order valence-electron chi connectivity index (χ2n) is 5.67. The van der Waals surface area contributed by atoms with Gasteiger partial charge in [0.25, 0.3) is 0 Å². The lowest BCUT2D eigenvalue weighted by Gasteiger charge is -2.09. The molecule has 0 fully saturated rings. The first-order valence-electron chi connectivity index (χ1n) is 7.35. The molecule has 0 aliphatic carbocycles. The van der Waals surface area contributed by atoms with E-state index in [4.69, 9.17) is 0 Å². The number of hydrogen-bond acceptors (Lipinski definition) is 4. The number of halogens is 3. The third kappa shape index (κ3) is 4.54. The average Bonchev–Trinajstić information content (AvgIpc) is 2.80. The molecule has 1 amide bonds. The highest BCUT2D eigenvalue weighted by atomic mass is 32.2. The summed E-state index contributed by atoms with van der Waals surface area (Å²) in [6.07, 6.45) is -2.41. The Morgan fingerprint density at radius 2 is 1.92 bits per heavy atom. The fraction of sp³-hybridized carbons (Fsp3) is 0.333. The quantitative estimate of drug-likeness (QED) is 0.857. The number of sulfone groups is 1. The number of nitrogens with zero attached hydrogens (tertiary/aromatic N) is 2. The van der Waals surface area contributed by atoms with E-state index in [2.05, 4.69) is 5.32 Å². The Morgan fingerprint density at radius 1 is 1.27 bits per heavy atom. The molecular formula is C15H16F3N3O4S. The maximum absolute atomic E-state index is 12.8. The second-order valence-corrected chi connectivity index (χ2v) is 7.93. The van der Waals surface area contributed by atoms with Crippen molar-refractivity contribution < 1.29 is 26.4 Å². The maximum Gasteiger partial charge on any atom is 0.416 e. The van der Waals surface area contributed by atoms with Crippen molar-refractivity contribution in [1.82, 2.24) is 14.5 Å². The lowest BCUT2D eigenvalue weighted by molar-refractivity contribution is -0.137. The number of carbonyl (C=O) groups excluding carboxylic acids is 1. The number of alkyl halides is 3. The second kappa shape index (κ2) is 6.98. The summed E-state index contributed by atoms with van der Waals surface area (Å²) in [6.45, 7) is 1.26. The standard InChI is InChI=1S/C15H16F3N3O4S/c1-10-9-20(13(22)19-6-7-26(2,24)25)14(23)21(10)12-5-3-4-11(8-12)15(16,17)18/h3-5,8-9H,6-7H2,1-2H3,(H,19,22). The number of carbonyl (C=O) groups is 1. The number of benzene rings is 1. The molecular weight excluding hydrogens is 375 g/mol. The molecule has 142 valence electrons. The van der Waals surface area contributed by atoms with Gasteiger partial charge in [-0.1, -0.05) is 6.07 Å². The molecule has 7 nitrogen and oxygen atoms in total. The fourth-order valence-electron chi connectivity index (χ4n) is 2.27. The van der Waals surface area contributed by atoms with Crippen molar-refractivity contribution in [3.8, 4) is 5.69 Å². The van der Waals surface area contributed by atoms with Crippen LogP contribution in [0.15, 0.2) is 35.3 Å². The largest absolute Gasteiger partial charge is 0.416 e. The van der Waals surface area contributed by atoms with E-state index in [9.17, 15) is 31.2 Å². The minimum Gasteiger partial charge on any atom is -0.336 e. The van der Waals surface area contributed by atoms with Gasteiger partial charge in [-0.25, -0.2) is 22.6 Å². The van der Waals surface area contributed by atoms with Crippen LogP contribution in [0.4, 0.5) is 18.0 Å². The molecule has 0 saturated heterocycles. The van der Waals surface area contributed by atoms with E-state index in [1.807, 2.05) is 0 Å². The number of aromatic nitrogens is 2. The van der Waals surface area contributed by atoms with Crippen molar-refractivity contribution in [2.75, 3.05) is 18.6 Å². The van der Waals surface area contributed by atoms with Crippen molar-refractivity contribution in [2.24, 2.45) is 0 Å². The Bertz CT molecular complexity index is 990. The molecule has 2 aromatic rings. The van der Waals surface area contributed by atoms with E-state index in [1.165, 1.54) is 19.2 Å². The summed E-state index contributed by atoms with van der Waals surface area (Å²) in [5, 5.41) is 2.28. The first-order valence-corrected chi connectivity index (χ1v) is 9.41. The minimum absolute atomic E-state index is 0.0370. The third-order valence-corrected chi connectivity index (χ3v) is 4.41. The SMILES string of the molecule is Cc1cn(C(=O)NCCS(C)(=O)=O)c(=O)n1-c1cccc(C(F)(F)F)c1. The highest BCUT2D eigenvalue weighted by molar-refractivity contribution is 7.90. The Kier molecular flexibility index (Phi) is 5.31. The summed E-state index contributed by atoms with van der Waals surface area (Å²) in [5.74, 6) is -0.305. The van der Waals surface area contributed by atoms with Crippen LogP contribution in [0.5, 0.6) is 0 Å². The molecule has 1 aromatic carbocycles. The highest BCUT2D eigenvalue weighted by Gasteiger charge is 2.30. The number of amides is 1. The smallest absolute Gasteiger partial charge is 0.336 e. The first kappa shape index (κ1) is 19.8. The lowest BCUT2D eigenvalue weighted by Crippen LogP contribution is -2.38. The molecule has 2 rings (SSSR count). The number of nitrogens with one attached hydrogen (secondary N) is 1. The van der Waals surface area contributed by atoms with E-state index >= 15 is 0 Å². The monoisotopic (exact) mass is 391 g/mol. The zero-order chi connectivity index (χ0) is 19.7. The van der Waals surface area contributed by atoms with Crippen LogP contribution in [-0.4, -0.2) is 42.1 Å². The summed E-state index contributed by atoms with van der Waals surface area (Å²) >= 11 is 0. The molecule has 11 heteroatoms. The van der Waals surface area contributed by atoms with E-state index in [1.54, 1.807) is 0 Å². The van der Waals surface area contributed by atoms with Crippen LogP contribution in [0.25, 0.3) is 5.69 Å². The molecule has 0 spiro atoms. The normalized spacial score (nSPS) is 12.2. The van der Waals surface area contributed by atoms with Gasteiger partial charge in [0.2, 0.25) is 0 Å². The van der Waals surface area contributed by atoms with Gasteiger partial charge in [0, 0.05) is 24.7 Å². The number of imidazole rings is 1. The molecule has 0 atom stereocenters. The molecule has 0 saturated carbocycles. The molecule has 1 aromatic heterocycles. The van der Waals surface area contributed by atoms with Gasteiger partial charge in [0.1, 0.15) is 9.84 Å². The van der Waals surface area contributed by atoms with Crippen molar-refractivity contribution in [3.63, 3.8) is 0 Å². The van der Waals surface area contributed by atoms with Gasteiger partial charge in [-0.15, -0.1) is 0 Å². The predicted octanol–water partition coefficient (Wildman–Crippen LogP) is 1.57. The Morgan fingerprint density at radius 3 is 2.50 bits per heavy atom. The van der Waals surface area contributed by atoms with Gasteiger partial charge in [-0.05, 0) is 25.1 Å². The van der Waals surface area contributed by atoms with Crippen molar-refractivity contribution in [2.45, 2.75) is 13.1 Å². The lowest BCUT2D eigenvalue weighted by atomic mass is 10.2. The van der Waals surface area contributed by atoms with Crippen LogP contribution < -0.4 is 11.0 Å². The summed E-state index contributed by atoms with van der Waals surface area (Å²) in [4.78, 5) is 24.5. The van der Waals surface area contributed by atoms with Crippen molar-refractivity contribution in [1.29, 1.82) is 0 Å². The maximum atomic E-state index is 12.8. The zero-order valence-corrected chi connectivity index (χ0v) is 14.7. The molecule has 0 bridgehead atoms. The highest BCUT2D eigenvalue weighted by Crippen LogP contribution is 2.30. The Hall–Kier alpha value is -2.56. The third-order valence-electron chi connectivity index (χ3n) is 3.47. The van der Waals surface area contributed by atoms with Gasteiger partial charge >= 0.3 is 17.9 Å². The molecule has 0 unspecified atom stereocenters. The fourth-order valence-corrected chi connectivity index (χ4v) is 2.74. The average molecular weight is 391 g/mol. The van der Waals surface area contributed by atoms with Crippen molar-refractivity contribution in [3.05, 3.63) is 52.2 Å². The molecule has 0 aliphatic rings. The number of rotatable bonds is 4. The Labute approximate surface area is 147 Å². The van der Waals surface area contributed by atoms with Crippen LogP contribution >= 0.6 is 0 Å². The first-order chi connectivity index (χ1) is 11.9. The van der Waals surface area contributed by atoms with Crippen LogP contribution in [0.2, 0.25) is 0 Å². The van der Waals surface area contributed by atoms with E-state index in [0.717, 1.165) is 29.0 Å². The summed E-state index contributed by atoms with van der Waals surface area (Å²) in [5.41, 5.74) is -1.58. The zero-order valence-electron chi connectivity index (χ0n) is 13.9. The van der Waals surface area contributed by atoms with E-state index in [0.29, 0.717) is 4.57 Å². The molecule has 1 heterocycles. The van der Waals surface area contributed by atoms with E-state index in [-0.39, 0.29) is 23.7 Å². The molecule has 1 N–H and O–H groups in total. The van der Waals surface area contributed by atoms with Gasteiger partial charge in [-0.2, -0.15) is 13.2 Å². The van der Waals surface area contributed by atoms with Crippen LogP contribution in [0.1, 0.15) is 11.3 Å². The van der Waals surface area contributed by atoms with Crippen LogP contribution in [0, 0.1) is 6.92 Å². The number of aryl methyl sites for hydroxylation is 1. The number of hydrogen-bond donors (Lipinski definition) is 1. The summed E-state index contributed by atoms with van der Waals surface area (Å²) in [7, 11) is -3.29. The molecule has 0 radical (unpaired) electrons. The van der Waals surface area contributed by atoms with Gasteiger partial charge < -0.3 is 5.32 Å². The van der Waals surface area contributed by atoms with Crippen molar-refractivity contribution >= 4 is 15.9 Å². The topological polar surface area (TPSA) is 90.2 Å².